The highest BCUT2D eigenvalue weighted by Gasteiger charge is 2.29. The number of benzene rings is 1. The maximum absolute atomic E-state index is 12.4. The number of nitrogen functional groups attached to an aromatic ring is 1. The van der Waals surface area contributed by atoms with Crippen molar-refractivity contribution in [3.05, 3.63) is 29.8 Å². The van der Waals surface area contributed by atoms with E-state index in [1.54, 1.807) is 24.3 Å². The first-order chi connectivity index (χ1) is 8.49. The highest BCUT2D eigenvalue weighted by Crippen LogP contribution is 2.16. The molecular weight excluding hydrogens is 226 g/mol. The summed E-state index contributed by atoms with van der Waals surface area (Å²) in [6, 6.07) is 7.93. The van der Waals surface area contributed by atoms with Crippen LogP contribution in [-0.2, 0) is 0 Å². The number of nitrogens with two attached hydrogens (primary N) is 1. The zero-order chi connectivity index (χ0) is 13.3. The number of nitrogens with zero attached hydrogens (tertiary/aromatic N) is 2. The van der Waals surface area contributed by atoms with Gasteiger partial charge in [-0.2, -0.15) is 0 Å². The number of rotatable bonds is 1. The van der Waals surface area contributed by atoms with Gasteiger partial charge in [-0.05, 0) is 45.2 Å². The molecule has 2 atom stereocenters. The Hall–Kier alpha value is -1.55. The first-order valence-corrected chi connectivity index (χ1v) is 6.36. The van der Waals surface area contributed by atoms with Gasteiger partial charge in [0, 0.05) is 36.4 Å². The van der Waals surface area contributed by atoms with Crippen molar-refractivity contribution in [1.29, 1.82) is 0 Å². The Balaban J connectivity index is 2.12. The van der Waals surface area contributed by atoms with Crippen LogP contribution in [0.1, 0.15) is 24.2 Å². The van der Waals surface area contributed by atoms with E-state index in [9.17, 15) is 4.79 Å². The standard InChI is InChI=1S/C14H21N3O/c1-10-8-17(9-11(2)16(10)3)14(18)12-4-6-13(15)7-5-12/h4-7,10-11H,8-9,15H2,1-3H3/t10-,11+. The van der Waals surface area contributed by atoms with Gasteiger partial charge in [0.25, 0.3) is 5.91 Å². The number of likely N-dealkylation sites (N-methyl/N-ethyl adjacent to an activating group) is 1. The summed E-state index contributed by atoms with van der Waals surface area (Å²) in [5.41, 5.74) is 7.04. The third-order valence-corrected chi connectivity index (χ3v) is 3.80. The van der Waals surface area contributed by atoms with E-state index < -0.39 is 0 Å². The summed E-state index contributed by atoms with van der Waals surface area (Å²) >= 11 is 0. The molecule has 1 amide bonds. The van der Waals surface area contributed by atoms with Gasteiger partial charge in [-0.25, -0.2) is 0 Å². The molecule has 98 valence electrons. The van der Waals surface area contributed by atoms with E-state index in [0.717, 1.165) is 13.1 Å². The molecule has 0 spiro atoms. The van der Waals surface area contributed by atoms with Crippen LogP contribution >= 0.6 is 0 Å². The maximum atomic E-state index is 12.4. The fraction of sp³-hybridized carbons (Fsp3) is 0.500. The molecule has 4 heteroatoms. The summed E-state index contributed by atoms with van der Waals surface area (Å²) in [5, 5.41) is 0. The van der Waals surface area contributed by atoms with Gasteiger partial charge in [0.05, 0.1) is 0 Å². The van der Waals surface area contributed by atoms with Crippen molar-refractivity contribution in [3.8, 4) is 0 Å². The van der Waals surface area contributed by atoms with Crippen molar-refractivity contribution in [2.24, 2.45) is 0 Å². The van der Waals surface area contributed by atoms with E-state index in [1.165, 1.54) is 0 Å². The van der Waals surface area contributed by atoms with Crippen LogP contribution in [0.5, 0.6) is 0 Å². The third kappa shape index (κ3) is 2.48. The average Bonchev–Trinajstić information content (AvgIpc) is 2.35. The van der Waals surface area contributed by atoms with Gasteiger partial charge >= 0.3 is 0 Å². The first kappa shape index (κ1) is 12.9. The van der Waals surface area contributed by atoms with Crippen LogP contribution in [0.25, 0.3) is 0 Å². The topological polar surface area (TPSA) is 49.6 Å². The highest BCUT2D eigenvalue weighted by atomic mass is 16.2. The fourth-order valence-electron chi connectivity index (χ4n) is 2.38. The summed E-state index contributed by atoms with van der Waals surface area (Å²) in [5.74, 6) is 0.0989. The van der Waals surface area contributed by atoms with Crippen molar-refractivity contribution >= 4 is 11.6 Å². The molecular formula is C14H21N3O. The van der Waals surface area contributed by atoms with Crippen LogP contribution in [0.4, 0.5) is 5.69 Å². The molecule has 2 rings (SSSR count). The van der Waals surface area contributed by atoms with E-state index in [2.05, 4.69) is 25.8 Å². The Bertz CT molecular complexity index is 417. The van der Waals surface area contributed by atoms with Crippen molar-refractivity contribution in [2.75, 3.05) is 25.9 Å². The molecule has 1 aromatic rings. The van der Waals surface area contributed by atoms with Crippen LogP contribution in [-0.4, -0.2) is 47.9 Å². The van der Waals surface area contributed by atoms with Crippen LogP contribution in [0.3, 0.4) is 0 Å². The second kappa shape index (κ2) is 4.98. The van der Waals surface area contributed by atoms with E-state index in [-0.39, 0.29) is 5.91 Å². The molecule has 0 saturated carbocycles. The summed E-state index contributed by atoms with van der Waals surface area (Å²) in [6.45, 7) is 5.87. The lowest BCUT2D eigenvalue weighted by molar-refractivity contribution is 0.0414. The molecule has 0 aromatic heterocycles. The SMILES string of the molecule is C[C@@H]1CN(C(=O)c2ccc(N)cc2)C[C@H](C)N1C. The highest BCUT2D eigenvalue weighted by molar-refractivity contribution is 5.94. The summed E-state index contributed by atoms with van der Waals surface area (Å²) in [4.78, 5) is 16.6. The molecule has 0 bridgehead atoms. The number of amides is 1. The van der Waals surface area contributed by atoms with E-state index in [1.807, 2.05) is 4.90 Å². The monoisotopic (exact) mass is 247 g/mol. The van der Waals surface area contributed by atoms with Gasteiger partial charge in [0.1, 0.15) is 0 Å². The van der Waals surface area contributed by atoms with Crippen molar-refractivity contribution in [2.45, 2.75) is 25.9 Å². The number of anilines is 1. The van der Waals surface area contributed by atoms with Crippen LogP contribution in [0, 0.1) is 0 Å². The van der Waals surface area contributed by atoms with Gasteiger partial charge < -0.3 is 10.6 Å². The molecule has 1 aromatic carbocycles. The molecule has 4 nitrogen and oxygen atoms in total. The van der Waals surface area contributed by atoms with Gasteiger partial charge in [0.15, 0.2) is 0 Å². The zero-order valence-electron chi connectivity index (χ0n) is 11.3. The Morgan fingerprint density at radius 3 is 2.17 bits per heavy atom. The Kier molecular flexibility index (Phi) is 3.57. The van der Waals surface area contributed by atoms with Gasteiger partial charge in [-0.1, -0.05) is 0 Å². The average molecular weight is 247 g/mol. The second-order valence-corrected chi connectivity index (χ2v) is 5.20. The normalized spacial score (nSPS) is 25.2. The molecule has 1 saturated heterocycles. The molecule has 1 aliphatic rings. The van der Waals surface area contributed by atoms with Crippen molar-refractivity contribution in [1.82, 2.24) is 9.80 Å². The lowest BCUT2D eigenvalue weighted by Gasteiger charge is -2.42. The largest absolute Gasteiger partial charge is 0.399 e. The van der Waals surface area contributed by atoms with Crippen LogP contribution in [0.15, 0.2) is 24.3 Å². The summed E-state index contributed by atoms with van der Waals surface area (Å²) in [6.07, 6.45) is 0. The van der Waals surface area contributed by atoms with E-state index >= 15 is 0 Å². The van der Waals surface area contributed by atoms with E-state index in [0.29, 0.717) is 23.3 Å². The summed E-state index contributed by atoms with van der Waals surface area (Å²) in [7, 11) is 2.11. The minimum Gasteiger partial charge on any atom is -0.399 e. The molecule has 0 aliphatic carbocycles. The predicted octanol–water partition coefficient (Wildman–Crippen LogP) is 1.43. The molecule has 1 aliphatic heterocycles. The summed E-state index contributed by atoms with van der Waals surface area (Å²) < 4.78 is 0. The van der Waals surface area contributed by atoms with Gasteiger partial charge in [-0.3, -0.25) is 9.69 Å². The molecule has 1 heterocycles. The zero-order valence-corrected chi connectivity index (χ0v) is 11.3. The molecule has 0 unspecified atom stereocenters. The van der Waals surface area contributed by atoms with Crippen molar-refractivity contribution < 1.29 is 4.79 Å². The number of piperazine rings is 1. The smallest absolute Gasteiger partial charge is 0.253 e. The maximum Gasteiger partial charge on any atom is 0.253 e. The Morgan fingerprint density at radius 1 is 1.17 bits per heavy atom. The van der Waals surface area contributed by atoms with Gasteiger partial charge in [-0.15, -0.1) is 0 Å². The number of hydrogen-bond donors (Lipinski definition) is 1. The quantitative estimate of drug-likeness (QED) is 0.764. The molecule has 1 fully saturated rings. The Labute approximate surface area is 108 Å². The molecule has 18 heavy (non-hydrogen) atoms. The number of carbonyl (C=O) groups is 1. The van der Waals surface area contributed by atoms with E-state index in [4.69, 9.17) is 5.73 Å². The Morgan fingerprint density at radius 2 is 1.67 bits per heavy atom. The second-order valence-electron chi connectivity index (χ2n) is 5.20. The molecule has 0 radical (unpaired) electrons. The molecule has 2 N–H and O–H groups in total. The number of carbonyl (C=O) groups excluding carboxylic acids is 1. The minimum absolute atomic E-state index is 0.0989. The first-order valence-electron chi connectivity index (χ1n) is 6.36. The number of hydrogen-bond acceptors (Lipinski definition) is 3. The third-order valence-electron chi connectivity index (χ3n) is 3.80. The van der Waals surface area contributed by atoms with Crippen LogP contribution in [0.2, 0.25) is 0 Å². The van der Waals surface area contributed by atoms with Crippen molar-refractivity contribution in [3.63, 3.8) is 0 Å². The predicted molar refractivity (Wildman–Crippen MR) is 73.4 cm³/mol. The lowest BCUT2D eigenvalue weighted by atomic mass is 10.1. The van der Waals surface area contributed by atoms with Crippen LogP contribution < -0.4 is 5.73 Å². The lowest BCUT2D eigenvalue weighted by Crippen LogP contribution is -2.56. The van der Waals surface area contributed by atoms with Gasteiger partial charge in [0.2, 0.25) is 0 Å². The minimum atomic E-state index is 0.0989. The fourth-order valence-corrected chi connectivity index (χ4v) is 2.38.